The topological polar surface area (TPSA) is 61.4 Å². The molecule has 132 valence electrons. The number of amides is 3. The first-order valence-corrected chi connectivity index (χ1v) is 8.88. The molecule has 0 aromatic heterocycles. The van der Waals surface area contributed by atoms with E-state index in [4.69, 9.17) is 0 Å². The van der Waals surface area contributed by atoms with E-state index in [0.29, 0.717) is 18.2 Å². The van der Waals surface area contributed by atoms with Crippen LogP contribution in [-0.2, 0) is 6.54 Å². The van der Waals surface area contributed by atoms with Crippen LogP contribution in [0.1, 0.15) is 61.9 Å². The van der Waals surface area contributed by atoms with E-state index >= 15 is 0 Å². The maximum Gasteiger partial charge on any atom is 0.317 e. The van der Waals surface area contributed by atoms with E-state index in [1.165, 1.54) is 19.3 Å². The number of benzene rings is 1. The van der Waals surface area contributed by atoms with Crippen molar-refractivity contribution >= 4 is 11.9 Å². The number of carbonyl (C=O) groups excluding carboxylic acids is 2. The summed E-state index contributed by atoms with van der Waals surface area (Å²) in [5.74, 6) is -0.0856. The molecule has 1 aromatic rings. The zero-order chi connectivity index (χ0) is 17.5. The molecule has 3 amide bonds. The molecule has 1 aliphatic carbocycles. The second-order valence-electron chi connectivity index (χ2n) is 6.89. The third-order valence-corrected chi connectivity index (χ3v) is 4.50. The first kappa shape index (κ1) is 18.3. The summed E-state index contributed by atoms with van der Waals surface area (Å²) in [4.78, 5) is 26.2. The number of urea groups is 1. The second kappa shape index (κ2) is 8.71. The Morgan fingerprint density at radius 2 is 1.92 bits per heavy atom. The monoisotopic (exact) mass is 331 g/mol. The Balaban J connectivity index is 1.89. The number of nitrogens with one attached hydrogen (secondary N) is 2. The molecule has 2 rings (SSSR count). The average Bonchev–Trinajstić information content (AvgIpc) is 2.59. The van der Waals surface area contributed by atoms with Crippen molar-refractivity contribution < 1.29 is 9.59 Å². The molecular formula is C19H29N3O2. The first-order valence-electron chi connectivity index (χ1n) is 8.88. The molecular weight excluding hydrogens is 302 g/mol. The van der Waals surface area contributed by atoms with Crippen LogP contribution in [-0.4, -0.2) is 36.0 Å². The number of rotatable bonds is 5. The van der Waals surface area contributed by atoms with Gasteiger partial charge in [-0.3, -0.25) is 4.79 Å². The van der Waals surface area contributed by atoms with Gasteiger partial charge >= 0.3 is 6.03 Å². The summed E-state index contributed by atoms with van der Waals surface area (Å²) < 4.78 is 0. The van der Waals surface area contributed by atoms with Gasteiger partial charge in [0, 0.05) is 31.2 Å². The highest BCUT2D eigenvalue weighted by molar-refractivity contribution is 5.94. The van der Waals surface area contributed by atoms with Gasteiger partial charge in [0.1, 0.15) is 0 Å². The maximum absolute atomic E-state index is 12.3. The highest BCUT2D eigenvalue weighted by atomic mass is 16.2. The lowest BCUT2D eigenvalue weighted by Crippen LogP contribution is -2.44. The summed E-state index contributed by atoms with van der Waals surface area (Å²) in [6, 6.07) is 7.80. The number of hydrogen-bond acceptors (Lipinski definition) is 2. The SMILES string of the molecule is CC(C)NC(=O)c1cccc(CNC(=O)N(C)C2CCCCC2)c1. The van der Waals surface area contributed by atoms with Crippen molar-refractivity contribution in [2.75, 3.05) is 7.05 Å². The van der Waals surface area contributed by atoms with Crippen LogP contribution in [0.4, 0.5) is 4.79 Å². The van der Waals surface area contributed by atoms with Crippen LogP contribution in [0.2, 0.25) is 0 Å². The lowest BCUT2D eigenvalue weighted by atomic mass is 9.95. The summed E-state index contributed by atoms with van der Waals surface area (Å²) in [5.41, 5.74) is 1.55. The predicted molar refractivity (Wildman–Crippen MR) is 95.9 cm³/mol. The van der Waals surface area contributed by atoms with Crippen LogP contribution in [0.5, 0.6) is 0 Å². The Morgan fingerprint density at radius 1 is 1.21 bits per heavy atom. The molecule has 5 heteroatoms. The third-order valence-electron chi connectivity index (χ3n) is 4.50. The van der Waals surface area contributed by atoms with Gasteiger partial charge < -0.3 is 15.5 Å². The van der Waals surface area contributed by atoms with Crippen molar-refractivity contribution in [2.45, 2.75) is 64.6 Å². The zero-order valence-corrected chi connectivity index (χ0v) is 15.0. The minimum Gasteiger partial charge on any atom is -0.350 e. The van der Waals surface area contributed by atoms with Crippen LogP contribution in [0, 0.1) is 0 Å². The molecule has 1 aliphatic rings. The van der Waals surface area contributed by atoms with Crippen molar-refractivity contribution in [2.24, 2.45) is 0 Å². The lowest BCUT2D eigenvalue weighted by molar-refractivity contribution is 0.0943. The van der Waals surface area contributed by atoms with E-state index < -0.39 is 0 Å². The summed E-state index contributed by atoms with van der Waals surface area (Å²) in [6.45, 7) is 4.30. The van der Waals surface area contributed by atoms with Crippen molar-refractivity contribution in [3.63, 3.8) is 0 Å². The third kappa shape index (κ3) is 5.25. The van der Waals surface area contributed by atoms with Gasteiger partial charge in [0.2, 0.25) is 0 Å². The van der Waals surface area contributed by atoms with E-state index in [-0.39, 0.29) is 18.0 Å². The van der Waals surface area contributed by atoms with Gasteiger partial charge in [-0.2, -0.15) is 0 Å². The van der Waals surface area contributed by atoms with Gasteiger partial charge in [-0.25, -0.2) is 4.79 Å². The van der Waals surface area contributed by atoms with E-state index in [1.54, 1.807) is 6.07 Å². The molecule has 24 heavy (non-hydrogen) atoms. The van der Waals surface area contributed by atoms with Crippen LogP contribution in [0.25, 0.3) is 0 Å². The molecule has 0 radical (unpaired) electrons. The van der Waals surface area contributed by atoms with E-state index in [1.807, 2.05) is 44.0 Å². The normalized spacial score (nSPS) is 15.2. The fraction of sp³-hybridized carbons (Fsp3) is 0.579. The van der Waals surface area contributed by atoms with E-state index in [9.17, 15) is 9.59 Å². The number of nitrogens with zero attached hydrogens (tertiary/aromatic N) is 1. The van der Waals surface area contributed by atoms with Crippen molar-refractivity contribution in [3.8, 4) is 0 Å². The summed E-state index contributed by atoms with van der Waals surface area (Å²) in [7, 11) is 1.87. The average molecular weight is 331 g/mol. The molecule has 0 spiro atoms. The molecule has 1 fully saturated rings. The minimum atomic E-state index is -0.0856. The molecule has 5 nitrogen and oxygen atoms in total. The Labute approximate surface area is 144 Å². The first-order chi connectivity index (χ1) is 11.5. The standard InChI is InChI=1S/C19H29N3O2/c1-14(2)21-18(23)16-9-7-8-15(12-16)13-20-19(24)22(3)17-10-5-4-6-11-17/h7-9,12,14,17H,4-6,10-11,13H2,1-3H3,(H,20,24)(H,21,23). The summed E-state index contributed by atoms with van der Waals surface area (Å²) in [6.07, 6.45) is 5.87. The smallest absolute Gasteiger partial charge is 0.317 e. The zero-order valence-electron chi connectivity index (χ0n) is 15.0. The van der Waals surface area contributed by atoms with Crippen molar-refractivity contribution in [1.29, 1.82) is 0 Å². The lowest BCUT2D eigenvalue weighted by Gasteiger charge is -2.31. The highest BCUT2D eigenvalue weighted by Gasteiger charge is 2.21. The molecule has 0 unspecified atom stereocenters. The quantitative estimate of drug-likeness (QED) is 0.869. The molecule has 0 bridgehead atoms. The molecule has 0 saturated heterocycles. The highest BCUT2D eigenvalue weighted by Crippen LogP contribution is 2.21. The molecule has 1 saturated carbocycles. The Bertz CT molecular complexity index is 565. The van der Waals surface area contributed by atoms with Gasteiger partial charge in [0.15, 0.2) is 0 Å². The van der Waals surface area contributed by atoms with Gasteiger partial charge in [-0.05, 0) is 44.4 Å². The molecule has 0 heterocycles. The second-order valence-corrected chi connectivity index (χ2v) is 6.89. The Kier molecular flexibility index (Phi) is 6.64. The van der Waals surface area contributed by atoms with Gasteiger partial charge in [0.25, 0.3) is 5.91 Å². The van der Waals surface area contributed by atoms with Gasteiger partial charge in [-0.15, -0.1) is 0 Å². The summed E-state index contributed by atoms with van der Waals surface area (Å²) >= 11 is 0. The van der Waals surface area contributed by atoms with Crippen molar-refractivity contribution in [3.05, 3.63) is 35.4 Å². The van der Waals surface area contributed by atoms with Gasteiger partial charge in [0.05, 0.1) is 0 Å². The Hall–Kier alpha value is -2.04. The van der Waals surface area contributed by atoms with E-state index in [2.05, 4.69) is 10.6 Å². The Morgan fingerprint density at radius 3 is 2.58 bits per heavy atom. The van der Waals surface area contributed by atoms with Crippen LogP contribution in [0.3, 0.4) is 0 Å². The maximum atomic E-state index is 12.3. The summed E-state index contributed by atoms with van der Waals surface area (Å²) in [5, 5.41) is 5.84. The van der Waals surface area contributed by atoms with Crippen LogP contribution >= 0.6 is 0 Å². The van der Waals surface area contributed by atoms with Crippen LogP contribution in [0.15, 0.2) is 24.3 Å². The number of carbonyl (C=O) groups is 2. The molecule has 2 N–H and O–H groups in total. The van der Waals surface area contributed by atoms with Crippen LogP contribution < -0.4 is 10.6 Å². The molecule has 0 aliphatic heterocycles. The number of hydrogen-bond donors (Lipinski definition) is 2. The van der Waals surface area contributed by atoms with E-state index in [0.717, 1.165) is 18.4 Å². The molecule has 1 aromatic carbocycles. The van der Waals surface area contributed by atoms with Crippen molar-refractivity contribution in [1.82, 2.24) is 15.5 Å². The van der Waals surface area contributed by atoms with Gasteiger partial charge in [-0.1, -0.05) is 31.4 Å². The predicted octanol–water partition coefficient (Wildman–Crippen LogP) is 3.30. The fourth-order valence-electron chi connectivity index (χ4n) is 3.10. The largest absolute Gasteiger partial charge is 0.350 e. The minimum absolute atomic E-state index is 0.0427. The molecule has 0 atom stereocenters. The fourth-order valence-corrected chi connectivity index (χ4v) is 3.10.